The normalized spacial score (nSPS) is 11.6. The van der Waals surface area contributed by atoms with Crippen LogP contribution >= 0.6 is 0 Å². The molecule has 0 aliphatic heterocycles. The lowest BCUT2D eigenvalue weighted by molar-refractivity contribution is 0.669. The van der Waals surface area contributed by atoms with Gasteiger partial charge in [0.15, 0.2) is 0 Å². The molecule has 258 valence electrons. The molecule has 0 radical (unpaired) electrons. The van der Waals surface area contributed by atoms with E-state index >= 15 is 0 Å². The third kappa shape index (κ3) is 5.28. The van der Waals surface area contributed by atoms with Gasteiger partial charge in [-0.1, -0.05) is 140 Å². The van der Waals surface area contributed by atoms with E-state index in [1.54, 1.807) is 0 Å². The summed E-state index contributed by atoms with van der Waals surface area (Å²) in [6, 6.07) is 71.0. The van der Waals surface area contributed by atoms with E-state index in [9.17, 15) is 0 Å². The molecular weight excluding hydrogens is 671 g/mol. The summed E-state index contributed by atoms with van der Waals surface area (Å²) in [7, 11) is 0. The Hall–Kier alpha value is -7.36. The Morgan fingerprint density at radius 3 is 1.71 bits per heavy atom. The second-order valence-electron chi connectivity index (χ2n) is 14.1. The summed E-state index contributed by atoms with van der Waals surface area (Å²) in [6.07, 6.45) is 0. The summed E-state index contributed by atoms with van der Waals surface area (Å²) in [5.41, 5.74) is 13.5. The van der Waals surface area contributed by atoms with E-state index < -0.39 is 0 Å². The molecule has 55 heavy (non-hydrogen) atoms. The van der Waals surface area contributed by atoms with Crippen LogP contribution in [0, 0.1) is 0 Å². The number of nitrogens with zero attached hydrogens (tertiary/aromatic N) is 1. The maximum Gasteiger partial charge on any atom is 0.143 e. The van der Waals surface area contributed by atoms with Gasteiger partial charge in [-0.2, -0.15) is 0 Å². The van der Waals surface area contributed by atoms with Crippen LogP contribution in [0.3, 0.4) is 0 Å². The van der Waals surface area contributed by atoms with Gasteiger partial charge in [-0.05, 0) is 93.7 Å². The first-order valence-corrected chi connectivity index (χ1v) is 18.7. The first-order chi connectivity index (χ1) is 27.2. The van der Waals surface area contributed by atoms with Crippen LogP contribution in [0.1, 0.15) is 0 Å². The second kappa shape index (κ2) is 12.6. The van der Waals surface area contributed by atoms with E-state index in [0.29, 0.717) is 0 Å². The zero-order chi connectivity index (χ0) is 36.3. The molecule has 0 fully saturated rings. The number of rotatable bonds is 6. The lowest BCUT2D eigenvalue weighted by atomic mass is 9.98. The maximum absolute atomic E-state index is 6.53. The van der Waals surface area contributed by atoms with E-state index in [4.69, 9.17) is 8.83 Å². The number of anilines is 3. The molecule has 0 bridgehead atoms. The Morgan fingerprint density at radius 2 is 0.891 bits per heavy atom. The van der Waals surface area contributed by atoms with Crippen LogP contribution in [0.15, 0.2) is 209 Å². The summed E-state index contributed by atoms with van der Waals surface area (Å²) in [5, 5.41) is 6.89. The quantitative estimate of drug-likeness (QED) is 0.173. The van der Waals surface area contributed by atoms with Crippen molar-refractivity contribution >= 4 is 71.7 Å². The van der Waals surface area contributed by atoms with E-state index in [0.717, 1.165) is 83.2 Å². The fourth-order valence-corrected chi connectivity index (χ4v) is 8.17. The van der Waals surface area contributed by atoms with Gasteiger partial charge < -0.3 is 13.7 Å². The molecule has 3 nitrogen and oxygen atoms in total. The highest BCUT2D eigenvalue weighted by molar-refractivity contribution is 6.11. The third-order valence-electron chi connectivity index (χ3n) is 10.9. The van der Waals surface area contributed by atoms with Crippen LogP contribution in [-0.4, -0.2) is 0 Å². The lowest BCUT2D eigenvalue weighted by Crippen LogP contribution is -2.11. The maximum atomic E-state index is 6.53. The molecule has 0 spiro atoms. The molecular formula is C52H33NO2. The second-order valence-corrected chi connectivity index (χ2v) is 14.1. The van der Waals surface area contributed by atoms with Gasteiger partial charge in [0, 0.05) is 44.0 Å². The van der Waals surface area contributed by atoms with Crippen molar-refractivity contribution in [2.24, 2.45) is 0 Å². The number of para-hydroxylation sites is 3. The molecule has 11 rings (SSSR count). The minimum atomic E-state index is 0.875. The van der Waals surface area contributed by atoms with Crippen molar-refractivity contribution in [3.63, 3.8) is 0 Å². The molecule has 3 heteroatoms. The monoisotopic (exact) mass is 703 g/mol. The predicted molar refractivity (Wildman–Crippen MR) is 229 cm³/mol. The molecule has 0 amide bonds. The van der Waals surface area contributed by atoms with Gasteiger partial charge in [0.1, 0.15) is 22.3 Å². The van der Waals surface area contributed by atoms with Gasteiger partial charge in [0.05, 0.1) is 5.69 Å². The van der Waals surface area contributed by atoms with Gasteiger partial charge in [0.25, 0.3) is 0 Å². The number of benzene rings is 9. The van der Waals surface area contributed by atoms with Crippen molar-refractivity contribution in [1.29, 1.82) is 0 Å². The van der Waals surface area contributed by atoms with Crippen molar-refractivity contribution in [2.75, 3.05) is 4.90 Å². The standard InChI is InChI=1S/C52H33NO2/c1-2-11-34(12-3-1)35-21-26-40(27-22-35)53(41-28-23-36(24-29-41)43-17-10-18-46-44-16-7-9-20-49(44)55-52(43)46)48-19-8-6-15-42(48)39-25-30-45-47-31-37-13-4-5-14-38(37)32-51(47)54-50(45)33-39/h1-33H. The molecule has 11 aromatic rings. The average Bonchev–Trinajstić information content (AvgIpc) is 3.81. The summed E-state index contributed by atoms with van der Waals surface area (Å²) >= 11 is 0. The first-order valence-electron chi connectivity index (χ1n) is 18.7. The topological polar surface area (TPSA) is 29.5 Å². The van der Waals surface area contributed by atoms with Crippen LogP contribution < -0.4 is 4.90 Å². The van der Waals surface area contributed by atoms with Gasteiger partial charge in [-0.3, -0.25) is 0 Å². The summed E-state index contributed by atoms with van der Waals surface area (Å²) < 4.78 is 12.9. The molecule has 0 aliphatic rings. The summed E-state index contributed by atoms with van der Waals surface area (Å²) in [5.74, 6) is 0. The SMILES string of the molecule is c1ccc(-c2ccc(N(c3ccc(-c4cccc5c4oc4ccccc45)cc3)c3ccccc3-c3ccc4c(c3)oc3cc5ccccc5cc34)cc2)cc1. The first kappa shape index (κ1) is 31.2. The molecule has 2 aromatic heterocycles. The Morgan fingerprint density at radius 1 is 0.309 bits per heavy atom. The van der Waals surface area contributed by atoms with Gasteiger partial charge in [0.2, 0.25) is 0 Å². The van der Waals surface area contributed by atoms with Crippen LogP contribution in [0.25, 0.3) is 88.0 Å². The molecule has 0 atom stereocenters. The zero-order valence-corrected chi connectivity index (χ0v) is 29.8. The fourth-order valence-electron chi connectivity index (χ4n) is 8.17. The molecule has 2 heterocycles. The fraction of sp³-hybridized carbons (Fsp3) is 0. The largest absolute Gasteiger partial charge is 0.456 e. The van der Waals surface area contributed by atoms with E-state index in [1.807, 2.05) is 12.1 Å². The molecule has 0 saturated carbocycles. The molecule has 0 N–H and O–H groups in total. The van der Waals surface area contributed by atoms with E-state index in [-0.39, 0.29) is 0 Å². The van der Waals surface area contributed by atoms with Crippen LogP contribution in [-0.2, 0) is 0 Å². The predicted octanol–water partition coefficient (Wildman–Crippen LogP) is 15.1. The van der Waals surface area contributed by atoms with Crippen LogP contribution in [0.2, 0.25) is 0 Å². The Bertz CT molecular complexity index is 3190. The Balaban J connectivity index is 1.04. The highest BCUT2D eigenvalue weighted by Gasteiger charge is 2.20. The Labute approximate surface area is 317 Å². The molecule has 0 aliphatic carbocycles. The number of hydrogen-bond acceptors (Lipinski definition) is 3. The molecule has 0 saturated heterocycles. The molecule has 0 unspecified atom stereocenters. The van der Waals surface area contributed by atoms with Gasteiger partial charge in [-0.15, -0.1) is 0 Å². The van der Waals surface area contributed by atoms with Crippen molar-refractivity contribution in [1.82, 2.24) is 0 Å². The average molecular weight is 704 g/mol. The van der Waals surface area contributed by atoms with Crippen molar-refractivity contribution in [2.45, 2.75) is 0 Å². The van der Waals surface area contributed by atoms with E-state index in [1.165, 1.54) is 21.9 Å². The van der Waals surface area contributed by atoms with Crippen molar-refractivity contribution in [3.05, 3.63) is 200 Å². The number of furan rings is 2. The smallest absolute Gasteiger partial charge is 0.143 e. The zero-order valence-electron chi connectivity index (χ0n) is 29.8. The van der Waals surface area contributed by atoms with Crippen LogP contribution in [0.5, 0.6) is 0 Å². The van der Waals surface area contributed by atoms with Crippen molar-refractivity contribution in [3.8, 4) is 33.4 Å². The minimum absolute atomic E-state index is 0.875. The van der Waals surface area contributed by atoms with Gasteiger partial charge >= 0.3 is 0 Å². The summed E-state index contributed by atoms with van der Waals surface area (Å²) in [6.45, 7) is 0. The highest BCUT2D eigenvalue weighted by atomic mass is 16.3. The number of fused-ring (bicyclic) bond motifs is 7. The van der Waals surface area contributed by atoms with Gasteiger partial charge in [-0.25, -0.2) is 0 Å². The van der Waals surface area contributed by atoms with E-state index in [2.05, 4.69) is 193 Å². The van der Waals surface area contributed by atoms with Crippen molar-refractivity contribution < 1.29 is 8.83 Å². The highest BCUT2D eigenvalue weighted by Crippen LogP contribution is 2.44. The third-order valence-corrected chi connectivity index (χ3v) is 10.9. The lowest BCUT2D eigenvalue weighted by Gasteiger charge is -2.28. The molecule has 9 aromatic carbocycles. The minimum Gasteiger partial charge on any atom is -0.456 e. The van der Waals surface area contributed by atoms with Crippen LogP contribution in [0.4, 0.5) is 17.1 Å². The Kier molecular flexibility index (Phi) is 7.17. The number of hydrogen-bond donors (Lipinski definition) is 0. The summed E-state index contributed by atoms with van der Waals surface area (Å²) in [4.78, 5) is 2.35.